The molecule has 4 rings (SSSR count). The lowest BCUT2D eigenvalue weighted by Crippen LogP contribution is -2.51. The number of aromatic amines is 1. The van der Waals surface area contributed by atoms with Crippen LogP contribution in [0.4, 0.5) is 18.9 Å². The van der Waals surface area contributed by atoms with E-state index in [1.165, 1.54) is 0 Å². The number of nitrogens with two attached hydrogens (primary N) is 1. The molecule has 12 heteroatoms. The van der Waals surface area contributed by atoms with Crippen LogP contribution in [0.3, 0.4) is 0 Å². The molecular weight excluding hydrogens is 463 g/mol. The van der Waals surface area contributed by atoms with Crippen LogP contribution in [-0.2, 0) is 9.59 Å². The first kappa shape index (κ1) is 24.3. The van der Waals surface area contributed by atoms with Crippen molar-refractivity contribution in [3.05, 3.63) is 59.2 Å². The van der Waals surface area contributed by atoms with Crippen molar-refractivity contribution in [2.75, 3.05) is 31.1 Å². The van der Waals surface area contributed by atoms with Crippen LogP contribution in [0, 0.1) is 0 Å². The summed E-state index contributed by atoms with van der Waals surface area (Å²) in [5.41, 5.74) is 9.07. The molecule has 1 aliphatic rings. The summed E-state index contributed by atoms with van der Waals surface area (Å²) < 4.78 is 31.7. The Morgan fingerprint density at radius 2 is 1.79 bits per heavy atom. The van der Waals surface area contributed by atoms with Gasteiger partial charge in [0.05, 0.1) is 11.7 Å². The van der Waals surface area contributed by atoms with E-state index in [-0.39, 0.29) is 5.91 Å². The minimum absolute atomic E-state index is 0.0581. The van der Waals surface area contributed by atoms with Gasteiger partial charge in [-0.25, -0.2) is 4.79 Å². The maximum absolute atomic E-state index is 12.7. The first-order chi connectivity index (χ1) is 15.6. The molecule has 2 heterocycles. The second kappa shape index (κ2) is 10.1. The third-order valence-electron chi connectivity index (χ3n) is 5.10. The molecule has 1 unspecified atom stereocenters. The molecule has 0 aliphatic carbocycles. The Labute approximate surface area is 191 Å². The Hall–Kier alpha value is -3.31. The molecule has 1 amide bonds. The maximum atomic E-state index is 12.7. The topological polar surface area (TPSA) is 116 Å². The number of fused-ring (bicyclic) bond motifs is 1. The molecule has 0 bridgehead atoms. The van der Waals surface area contributed by atoms with Crippen LogP contribution in [0.1, 0.15) is 11.6 Å². The summed E-state index contributed by atoms with van der Waals surface area (Å²) in [6.45, 7) is 2.85. The minimum atomic E-state index is -5.08. The highest BCUT2D eigenvalue weighted by Gasteiger charge is 2.38. The fraction of sp³-hybridized carbons (Fsp3) is 0.286. The first-order valence-corrected chi connectivity index (χ1v) is 10.2. The van der Waals surface area contributed by atoms with Crippen LogP contribution in [0.2, 0.25) is 5.02 Å². The number of anilines is 1. The summed E-state index contributed by atoms with van der Waals surface area (Å²) in [6, 6.07) is 12.7. The second-order valence-electron chi connectivity index (χ2n) is 7.29. The van der Waals surface area contributed by atoms with Gasteiger partial charge >= 0.3 is 12.1 Å². The summed E-state index contributed by atoms with van der Waals surface area (Å²) in [7, 11) is 0. The van der Waals surface area contributed by atoms with Gasteiger partial charge in [-0.15, -0.1) is 0 Å². The summed E-state index contributed by atoms with van der Waals surface area (Å²) in [5.74, 6) is -2.82. The third-order valence-corrected chi connectivity index (χ3v) is 5.33. The molecule has 33 heavy (non-hydrogen) atoms. The number of rotatable bonds is 3. The van der Waals surface area contributed by atoms with E-state index in [9.17, 15) is 18.0 Å². The van der Waals surface area contributed by atoms with Crippen molar-refractivity contribution in [2.45, 2.75) is 12.2 Å². The monoisotopic (exact) mass is 483 g/mol. The number of aromatic nitrogens is 2. The quantitative estimate of drug-likeness (QED) is 0.527. The minimum Gasteiger partial charge on any atom is -0.475 e. The van der Waals surface area contributed by atoms with E-state index >= 15 is 0 Å². The number of hydrogen-bond donors (Lipinski definition) is 3. The van der Waals surface area contributed by atoms with Gasteiger partial charge in [0.1, 0.15) is 6.04 Å². The summed E-state index contributed by atoms with van der Waals surface area (Å²) in [6.07, 6.45) is -3.26. The normalized spacial score (nSPS) is 15.1. The maximum Gasteiger partial charge on any atom is 0.490 e. The van der Waals surface area contributed by atoms with Gasteiger partial charge in [0, 0.05) is 42.3 Å². The number of halogens is 4. The van der Waals surface area contributed by atoms with E-state index in [0.29, 0.717) is 18.1 Å². The van der Waals surface area contributed by atoms with E-state index in [4.69, 9.17) is 27.2 Å². The van der Waals surface area contributed by atoms with Crippen LogP contribution in [0.15, 0.2) is 48.7 Å². The molecule has 176 valence electrons. The standard InChI is InChI=1S/C19H20ClN5O.C2HF3O2/c20-15-3-1-2-13(10-15)18(21)19(26)25-8-6-24(7-9-25)16-4-5-17-14(11-16)12-22-23-17;3-2(4,5)1(6)7/h1-5,10-12,18H,6-9,21H2,(H,22,23);(H,6,7). The van der Waals surface area contributed by atoms with Gasteiger partial charge in [-0.1, -0.05) is 23.7 Å². The lowest BCUT2D eigenvalue weighted by molar-refractivity contribution is -0.192. The van der Waals surface area contributed by atoms with Crippen molar-refractivity contribution >= 4 is 40.1 Å². The molecule has 0 radical (unpaired) electrons. The van der Waals surface area contributed by atoms with E-state index in [1.807, 2.05) is 29.3 Å². The van der Waals surface area contributed by atoms with Crippen LogP contribution >= 0.6 is 11.6 Å². The Morgan fingerprint density at radius 3 is 2.39 bits per heavy atom. The number of nitrogens with one attached hydrogen (secondary N) is 1. The molecule has 1 atom stereocenters. The molecule has 1 fully saturated rings. The molecule has 1 aromatic heterocycles. The fourth-order valence-corrected chi connectivity index (χ4v) is 3.55. The number of nitrogens with zero attached hydrogens (tertiary/aromatic N) is 3. The van der Waals surface area contributed by atoms with Gasteiger partial charge < -0.3 is 20.6 Å². The summed E-state index contributed by atoms with van der Waals surface area (Å²) in [5, 5.41) is 15.8. The number of alkyl halides is 3. The summed E-state index contributed by atoms with van der Waals surface area (Å²) in [4.78, 5) is 25.7. The number of piperazine rings is 1. The van der Waals surface area contributed by atoms with Gasteiger partial charge in [-0.3, -0.25) is 9.89 Å². The highest BCUT2D eigenvalue weighted by atomic mass is 35.5. The van der Waals surface area contributed by atoms with E-state index in [0.717, 1.165) is 35.2 Å². The number of aliphatic carboxylic acids is 1. The Kier molecular flexibility index (Phi) is 7.44. The van der Waals surface area contributed by atoms with Gasteiger partial charge in [-0.05, 0) is 35.9 Å². The average Bonchev–Trinajstić information content (AvgIpc) is 3.26. The smallest absolute Gasteiger partial charge is 0.475 e. The Morgan fingerprint density at radius 1 is 1.12 bits per heavy atom. The van der Waals surface area contributed by atoms with Crippen LogP contribution in [-0.4, -0.2) is 64.4 Å². The van der Waals surface area contributed by atoms with Crippen molar-refractivity contribution < 1.29 is 27.9 Å². The van der Waals surface area contributed by atoms with Crippen molar-refractivity contribution in [2.24, 2.45) is 5.73 Å². The third kappa shape index (κ3) is 6.14. The van der Waals surface area contributed by atoms with E-state index in [1.54, 1.807) is 12.1 Å². The van der Waals surface area contributed by atoms with Crippen LogP contribution in [0.25, 0.3) is 10.9 Å². The van der Waals surface area contributed by atoms with Crippen molar-refractivity contribution in [1.29, 1.82) is 0 Å². The van der Waals surface area contributed by atoms with Crippen molar-refractivity contribution in [3.63, 3.8) is 0 Å². The lowest BCUT2D eigenvalue weighted by Gasteiger charge is -2.37. The molecule has 3 aromatic rings. The van der Waals surface area contributed by atoms with E-state index in [2.05, 4.69) is 27.2 Å². The lowest BCUT2D eigenvalue weighted by atomic mass is 10.1. The molecule has 8 nitrogen and oxygen atoms in total. The second-order valence-corrected chi connectivity index (χ2v) is 7.73. The number of hydrogen-bond acceptors (Lipinski definition) is 5. The van der Waals surface area contributed by atoms with E-state index < -0.39 is 18.2 Å². The van der Waals surface area contributed by atoms with Crippen molar-refractivity contribution in [3.8, 4) is 0 Å². The van der Waals surface area contributed by atoms with Crippen LogP contribution in [0.5, 0.6) is 0 Å². The molecular formula is C21H21ClF3N5O3. The summed E-state index contributed by atoms with van der Waals surface area (Å²) >= 11 is 6.01. The average molecular weight is 484 g/mol. The number of benzene rings is 2. The zero-order valence-corrected chi connectivity index (χ0v) is 18.0. The van der Waals surface area contributed by atoms with Crippen LogP contribution < -0.4 is 10.6 Å². The molecule has 0 spiro atoms. The van der Waals surface area contributed by atoms with Gasteiger partial charge in [-0.2, -0.15) is 18.3 Å². The molecule has 4 N–H and O–H groups in total. The highest BCUT2D eigenvalue weighted by molar-refractivity contribution is 6.30. The predicted molar refractivity (Wildman–Crippen MR) is 117 cm³/mol. The Balaban J connectivity index is 0.000000383. The molecule has 0 saturated carbocycles. The molecule has 2 aromatic carbocycles. The number of carboxylic acid groups (broad SMARTS) is 1. The predicted octanol–water partition coefficient (Wildman–Crippen LogP) is 3.20. The number of carbonyl (C=O) groups is 2. The molecule has 1 aliphatic heterocycles. The van der Waals surface area contributed by atoms with Gasteiger partial charge in [0.25, 0.3) is 0 Å². The SMILES string of the molecule is NC(C(=O)N1CCN(c2ccc3[nH]ncc3c2)CC1)c1cccc(Cl)c1.O=C(O)C(F)(F)F. The zero-order chi connectivity index (χ0) is 24.2. The fourth-order valence-electron chi connectivity index (χ4n) is 3.35. The highest BCUT2D eigenvalue weighted by Crippen LogP contribution is 2.23. The first-order valence-electron chi connectivity index (χ1n) is 9.84. The number of amides is 1. The Bertz CT molecular complexity index is 1130. The number of carboxylic acids is 1. The number of H-pyrrole nitrogens is 1. The zero-order valence-electron chi connectivity index (χ0n) is 17.2. The van der Waals surface area contributed by atoms with Gasteiger partial charge in [0.15, 0.2) is 0 Å². The van der Waals surface area contributed by atoms with Gasteiger partial charge in [0.2, 0.25) is 5.91 Å². The molecule has 1 saturated heterocycles. The van der Waals surface area contributed by atoms with Crippen molar-refractivity contribution in [1.82, 2.24) is 15.1 Å². The largest absolute Gasteiger partial charge is 0.490 e. The number of carbonyl (C=O) groups excluding carboxylic acids is 1.